The lowest BCUT2D eigenvalue weighted by molar-refractivity contribution is -0.384. The number of nitro groups is 1. The van der Waals surface area contributed by atoms with Crippen molar-refractivity contribution in [1.82, 2.24) is 15.3 Å². The number of para-hydroxylation sites is 2. The predicted octanol–water partition coefficient (Wildman–Crippen LogP) is 5.14. The SMILES string of the molecule is COc1cccc(C(CNC(=O)c2c[nH]c3ccc([N+](=O)[O-])cc23)c2c[nH]c3ccccc23)c1OC. The highest BCUT2D eigenvalue weighted by Gasteiger charge is 2.25. The molecule has 0 aliphatic rings. The molecule has 2 aromatic heterocycles. The fraction of sp³-hybridized carbons (Fsp3) is 0.148. The van der Waals surface area contributed by atoms with Crippen LogP contribution in [0.4, 0.5) is 5.69 Å². The number of methoxy groups -OCH3 is 2. The van der Waals surface area contributed by atoms with Crippen LogP contribution in [0.3, 0.4) is 0 Å². The zero-order chi connectivity index (χ0) is 25.2. The smallest absolute Gasteiger partial charge is 0.270 e. The lowest BCUT2D eigenvalue weighted by Gasteiger charge is -2.22. The van der Waals surface area contributed by atoms with Crippen molar-refractivity contribution in [2.75, 3.05) is 20.8 Å². The van der Waals surface area contributed by atoms with Crippen molar-refractivity contribution in [2.45, 2.75) is 5.92 Å². The van der Waals surface area contributed by atoms with E-state index in [0.29, 0.717) is 28.0 Å². The van der Waals surface area contributed by atoms with Gasteiger partial charge in [0.1, 0.15) is 0 Å². The number of ether oxygens (including phenoxy) is 2. The van der Waals surface area contributed by atoms with E-state index < -0.39 is 4.92 Å². The van der Waals surface area contributed by atoms with Crippen molar-refractivity contribution in [1.29, 1.82) is 0 Å². The number of aromatic nitrogens is 2. The number of rotatable bonds is 8. The molecule has 9 heteroatoms. The van der Waals surface area contributed by atoms with Gasteiger partial charge in [-0.1, -0.05) is 30.3 Å². The number of H-pyrrole nitrogens is 2. The summed E-state index contributed by atoms with van der Waals surface area (Å²) in [6.45, 7) is 0.256. The van der Waals surface area contributed by atoms with Gasteiger partial charge in [0.25, 0.3) is 11.6 Å². The van der Waals surface area contributed by atoms with Crippen LogP contribution < -0.4 is 14.8 Å². The molecule has 3 N–H and O–H groups in total. The Kier molecular flexibility index (Phi) is 6.03. The summed E-state index contributed by atoms with van der Waals surface area (Å²) in [5.74, 6) is 0.575. The number of nitrogens with one attached hydrogen (secondary N) is 3. The third kappa shape index (κ3) is 4.00. The van der Waals surface area contributed by atoms with E-state index in [1.165, 1.54) is 12.1 Å². The number of benzene rings is 3. The zero-order valence-corrected chi connectivity index (χ0v) is 19.7. The molecule has 0 bridgehead atoms. The van der Waals surface area contributed by atoms with E-state index >= 15 is 0 Å². The average molecular weight is 485 g/mol. The Hall–Kier alpha value is -4.79. The van der Waals surface area contributed by atoms with Crippen molar-refractivity contribution in [2.24, 2.45) is 0 Å². The summed E-state index contributed by atoms with van der Waals surface area (Å²) in [5.41, 5.74) is 3.74. The van der Waals surface area contributed by atoms with Gasteiger partial charge in [-0.2, -0.15) is 0 Å². The second-order valence-corrected chi connectivity index (χ2v) is 8.32. The first-order chi connectivity index (χ1) is 17.5. The molecule has 1 amide bonds. The van der Waals surface area contributed by atoms with Gasteiger partial charge in [-0.15, -0.1) is 0 Å². The molecule has 3 aromatic carbocycles. The molecular weight excluding hydrogens is 460 g/mol. The maximum absolute atomic E-state index is 13.3. The van der Waals surface area contributed by atoms with E-state index in [2.05, 4.69) is 15.3 Å². The molecular formula is C27H24N4O5. The summed E-state index contributed by atoms with van der Waals surface area (Å²) < 4.78 is 11.2. The Bertz CT molecular complexity index is 1590. The number of carbonyl (C=O) groups is 1. The van der Waals surface area contributed by atoms with E-state index in [1.807, 2.05) is 48.7 Å². The fourth-order valence-corrected chi connectivity index (χ4v) is 4.66. The summed E-state index contributed by atoms with van der Waals surface area (Å²) >= 11 is 0. The van der Waals surface area contributed by atoms with Gasteiger partial charge in [0.15, 0.2) is 11.5 Å². The highest BCUT2D eigenvalue weighted by Crippen LogP contribution is 2.40. The maximum Gasteiger partial charge on any atom is 0.270 e. The lowest BCUT2D eigenvalue weighted by atomic mass is 9.89. The third-order valence-corrected chi connectivity index (χ3v) is 6.39. The van der Waals surface area contributed by atoms with Crippen LogP contribution in [0.25, 0.3) is 21.8 Å². The first kappa shape index (κ1) is 23.0. The Morgan fingerprint density at radius 1 is 0.944 bits per heavy atom. The minimum Gasteiger partial charge on any atom is -0.493 e. The second kappa shape index (κ2) is 9.46. The van der Waals surface area contributed by atoms with Gasteiger partial charge < -0.3 is 24.8 Å². The van der Waals surface area contributed by atoms with Gasteiger partial charge in [-0.25, -0.2) is 0 Å². The van der Waals surface area contributed by atoms with Crippen molar-refractivity contribution in [3.05, 3.63) is 99.9 Å². The number of nitro benzene ring substituents is 1. The molecule has 5 aromatic rings. The van der Waals surface area contributed by atoms with Crippen LogP contribution in [0.15, 0.2) is 73.1 Å². The number of aromatic amines is 2. The largest absolute Gasteiger partial charge is 0.493 e. The number of hydrogen-bond donors (Lipinski definition) is 3. The van der Waals surface area contributed by atoms with Crippen molar-refractivity contribution < 1.29 is 19.2 Å². The summed E-state index contributed by atoms with van der Waals surface area (Å²) in [6, 6.07) is 18.0. The third-order valence-electron chi connectivity index (χ3n) is 6.39. The quantitative estimate of drug-likeness (QED) is 0.208. The number of non-ortho nitro benzene ring substituents is 1. The highest BCUT2D eigenvalue weighted by molar-refractivity contribution is 6.07. The molecule has 1 unspecified atom stereocenters. The van der Waals surface area contributed by atoms with Gasteiger partial charge in [0.05, 0.1) is 24.7 Å². The number of amides is 1. The minimum atomic E-state index is -0.476. The van der Waals surface area contributed by atoms with Crippen LogP contribution in [0.5, 0.6) is 11.5 Å². The highest BCUT2D eigenvalue weighted by atomic mass is 16.6. The Morgan fingerprint density at radius 3 is 2.50 bits per heavy atom. The monoisotopic (exact) mass is 484 g/mol. The summed E-state index contributed by atoms with van der Waals surface area (Å²) in [6.07, 6.45) is 3.51. The maximum atomic E-state index is 13.3. The molecule has 0 saturated heterocycles. The first-order valence-corrected chi connectivity index (χ1v) is 11.3. The van der Waals surface area contributed by atoms with Gasteiger partial charge >= 0.3 is 0 Å². The van der Waals surface area contributed by atoms with E-state index in [1.54, 1.807) is 26.5 Å². The van der Waals surface area contributed by atoms with Gasteiger partial charge in [0, 0.05) is 64.4 Å². The van der Waals surface area contributed by atoms with E-state index in [9.17, 15) is 14.9 Å². The van der Waals surface area contributed by atoms with E-state index in [4.69, 9.17) is 9.47 Å². The van der Waals surface area contributed by atoms with Crippen LogP contribution in [0.2, 0.25) is 0 Å². The second-order valence-electron chi connectivity index (χ2n) is 8.32. The lowest BCUT2D eigenvalue weighted by Crippen LogP contribution is -2.29. The summed E-state index contributed by atoms with van der Waals surface area (Å²) in [5, 5.41) is 15.8. The van der Waals surface area contributed by atoms with Crippen LogP contribution in [-0.2, 0) is 0 Å². The Labute approximate surface area is 206 Å². The van der Waals surface area contributed by atoms with Crippen molar-refractivity contribution >= 4 is 33.4 Å². The van der Waals surface area contributed by atoms with E-state index in [0.717, 1.165) is 22.0 Å². The Morgan fingerprint density at radius 2 is 1.72 bits per heavy atom. The normalized spacial score (nSPS) is 11.9. The minimum absolute atomic E-state index is 0.0751. The zero-order valence-electron chi connectivity index (χ0n) is 19.7. The van der Waals surface area contributed by atoms with Crippen LogP contribution >= 0.6 is 0 Å². The number of carbonyl (C=O) groups excluding carboxylic acids is 1. The number of nitrogens with zero attached hydrogens (tertiary/aromatic N) is 1. The fourth-order valence-electron chi connectivity index (χ4n) is 4.66. The molecule has 0 radical (unpaired) electrons. The molecule has 0 aliphatic heterocycles. The van der Waals surface area contributed by atoms with Crippen LogP contribution in [0.1, 0.15) is 27.4 Å². The topological polar surface area (TPSA) is 122 Å². The van der Waals surface area contributed by atoms with Crippen molar-refractivity contribution in [3.63, 3.8) is 0 Å². The molecule has 0 fully saturated rings. The van der Waals surface area contributed by atoms with Crippen LogP contribution in [0, 0.1) is 10.1 Å². The van der Waals surface area contributed by atoms with Gasteiger partial charge in [-0.05, 0) is 23.8 Å². The van der Waals surface area contributed by atoms with Gasteiger partial charge in [-0.3, -0.25) is 14.9 Å². The first-order valence-electron chi connectivity index (χ1n) is 11.3. The number of fused-ring (bicyclic) bond motifs is 2. The summed E-state index contributed by atoms with van der Waals surface area (Å²) in [4.78, 5) is 30.4. The van der Waals surface area contributed by atoms with Crippen molar-refractivity contribution in [3.8, 4) is 11.5 Å². The molecule has 0 aliphatic carbocycles. The molecule has 0 spiro atoms. The summed E-state index contributed by atoms with van der Waals surface area (Å²) in [7, 11) is 3.17. The van der Waals surface area contributed by atoms with Gasteiger partial charge in [0.2, 0.25) is 0 Å². The Balaban J connectivity index is 1.53. The molecule has 1 atom stereocenters. The van der Waals surface area contributed by atoms with E-state index in [-0.39, 0.29) is 24.1 Å². The predicted molar refractivity (Wildman–Crippen MR) is 137 cm³/mol. The van der Waals surface area contributed by atoms with Crippen LogP contribution in [-0.4, -0.2) is 41.6 Å². The molecule has 5 rings (SSSR count). The standard InChI is InChI=1S/C27H24N4O5/c1-35-25-9-5-7-18(26(25)36-2)21(20-13-28-23-8-4-3-6-17(20)23)14-30-27(32)22-15-29-24-11-10-16(31(33)34)12-19(22)24/h3-13,15,21,28-29H,14H2,1-2H3,(H,30,32). The number of hydrogen-bond acceptors (Lipinski definition) is 5. The average Bonchev–Trinajstić information content (AvgIpc) is 3.52. The molecule has 2 heterocycles. The molecule has 9 nitrogen and oxygen atoms in total. The molecule has 0 saturated carbocycles. The molecule has 36 heavy (non-hydrogen) atoms. The molecule has 182 valence electrons.